The Labute approximate surface area is 119 Å². The van der Waals surface area contributed by atoms with Gasteiger partial charge in [-0.05, 0) is 37.4 Å². The number of rotatable bonds is 4. The van der Waals surface area contributed by atoms with Crippen molar-refractivity contribution in [1.29, 1.82) is 5.26 Å². The molecule has 0 aliphatic heterocycles. The van der Waals surface area contributed by atoms with Crippen molar-refractivity contribution in [3.05, 3.63) is 24.0 Å². The molecule has 108 valence electrons. The van der Waals surface area contributed by atoms with Crippen molar-refractivity contribution in [2.24, 2.45) is 11.7 Å². The van der Waals surface area contributed by atoms with E-state index in [9.17, 15) is 8.42 Å². The normalized spacial score (nSPS) is 23.2. The standard InChI is InChI=1S/C13H18N4O2S/c14-8-10-4-1-2-5-11(10)17-20(18,19)13-6-3-7-16-12(13)9-15/h3,6-7,10-11,17H,1-2,4-5,8,14H2. The van der Waals surface area contributed by atoms with E-state index in [2.05, 4.69) is 9.71 Å². The zero-order chi connectivity index (χ0) is 14.6. The minimum atomic E-state index is -3.74. The molecule has 3 N–H and O–H groups in total. The highest BCUT2D eigenvalue weighted by atomic mass is 32.2. The van der Waals surface area contributed by atoms with Gasteiger partial charge in [-0.3, -0.25) is 0 Å². The summed E-state index contributed by atoms with van der Waals surface area (Å²) in [5.74, 6) is 0.153. The van der Waals surface area contributed by atoms with Gasteiger partial charge >= 0.3 is 0 Å². The lowest BCUT2D eigenvalue weighted by molar-refractivity contribution is 0.296. The fraction of sp³-hybridized carbons (Fsp3) is 0.538. The van der Waals surface area contributed by atoms with E-state index in [1.165, 1.54) is 18.3 Å². The van der Waals surface area contributed by atoms with E-state index in [-0.39, 0.29) is 22.5 Å². The maximum atomic E-state index is 12.4. The van der Waals surface area contributed by atoms with Crippen LogP contribution in [0.5, 0.6) is 0 Å². The second kappa shape index (κ2) is 6.31. The van der Waals surface area contributed by atoms with Crippen LogP contribution in [0.15, 0.2) is 23.2 Å². The summed E-state index contributed by atoms with van der Waals surface area (Å²) in [4.78, 5) is 3.72. The number of hydrogen-bond acceptors (Lipinski definition) is 5. The van der Waals surface area contributed by atoms with Gasteiger partial charge in [0.25, 0.3) is 0 Å². The van der Waals surface area contributed by atoms with Gasteiger partial charge < -0.3 is 5.73 Å². The largest absolute Gasteiger partial charge is 0.330 e. The van der Waals surface area contributed by atoms with Crippen LogP contribution in [0.25, 0.3) is 0 Å². The summed E-state index contributed by atoms with van der Waals surface area (Å²) in [6, 6.07) is 4.56. The molecular weight excluding hydrogens is 276 g/mol. The molecule has 1 aliphatic rings. The summed E-state index contributed by atoms with van der Waals surface area (Å²) in [7, 11) is -3.74. The Kier molecular flexibility index (Phi) is 4.70. The maximum Gasteiger partial charge on any atom is 0.243 e. The highest BCUT2D eigenvalue weighted by Gasteiger charge is 2.29. The molecule has 0 saturated heterocycles. The van der Waals surface area contributed by atoms with Crippen LogP contribution in [0.1, 0.15) is 31.4 Å². The van der Waals surface area contributed by atoms with Crippen molar-refractivity contribution in [2.75, 3.05) is 6.54 Å². The molecule has 2 unspecified atom stereocenters. The first kappa shape index (κ1) is 14.9. The smallest absolute Gasteiger partial charge is 0.243 e. The van der Waals surface area contributed by atoms with Crippen molar-refractivity contribution in [3.8, 4) is 6.07 Å². The van der Waals surface area contributed by atoms with Crippen LogP contribution in [0.3, 0.4) is 0 Å². The molecular formula is C13H18N4O2S. The number of nitrogens with one attached hydrogen (secondary N) is 1. The molecule has 7 heteroatoms. The molecule has 0 bridgehead atoms. The molecule has 0 radical (unpaired) electrons. The summed E-state index contributed by atoms with van der Waals surface area (Å²) in [5, 5.41) is 8.96. The van der Waals surface area contributed by atoms with Crippen molar-refractivity contribution in [3.63, 3.8) is 0 Å². The average molecular weight is 294 g/mol. The minimum Gasteiger partial charge on any atom is -0.330 e. The van der Waals surface area contributed by atoms with E-state index in [0.717, 1.165) is 25.7 Å². The lowest BCUT2D eigenvalue weighted by Crippen LogP contribution is -2.44. The molecule has 1 heterocycles. The molecule has 1 saturated carbocycles. The molecule has 2 atom stereocenters. The van der Waals surface area contributed by atoms with Gasteiger partial charge in [0.15, 0.2) is 5.69 Å². The Hall–Kier alpha value is -1.49. The molecule has 6 nitrogen and oxygen atoms in total. The number of nitrogens with zero attached hydrogens (tertiary/aromatic N) is 2. The highest BCUT2D eigenvalue weighted by Crippen LogP contribution is 2.25. The quantitative estimate of drug-likeness (QED) is 0.851. The number of sulfonamides is 1. The topological polar surface area (TPSA) is 109 Å². The third-order valence-corrected chi connectivity index (χ3v) is 5.21. The first-order valence-corrected chi connectivity index (χ1v) is 8.14. The lowest BCUT2D eigenvalue weighted by Gasteiger charge is -2.31. The fourth-order valence-electron chi connectivity index (χ4n) is 2.60. The van der Waals surface area contributed by atoms with Gasteiger partial charge in [-0.2, -0.15) is 5.26 Å². The Bertz CT molecular complexity index is 609. The SMILES string of the molecule is N#Cc1ncccc1S(=O)(=O)NC1CCCCC1CN. The third-order valence-electron chi connectivity index (χ3n) is 3.68. The predicted molar refractivity (Wildman–Crippen MR) is 74.1 cm³/mol. The molecule has 0 spiro atoms. The number of nitrogens with two attached hydrogens (primary N) is 1. The van der Waals surface area contributed by atoms with E-state index < -0.39 is 10.0 Å². The molecule has 1 aromatic heterocycles. The summed E-state index contributed by atoms with van der Waals surface area (Å²) in [5.41, 5.74) is 5.62. The van der Waals surface area contributed by atoms with Crippen LogP contribution in [-0.4, -0.2) is 26.0 Å². The molecule has 0 amide bonds. The van der Waals surface area contributed by atoms with Crippen molar-refractivity contribution in [2.45, 2.75) is 36.6 Å². The van der Waals surface area contributed by atoms with Crippen molar-refractivity contribution in [1.82, 2.24) is 9.71 Å². The Morgan fingerprint density at radius 1 is 1.45 bits per heavy atom. The summed E-state index contributed by atoms with van der Waals surface area (Å²) in [6.07, 6.45) is 5.18. The zero-order valence-corrected chi connectivity index (χ0v) is 11.9. The molecule has 0 aromatic carbocycles. The van der Waals surface area contributed by atoms with Gasteiger partial charge in [-0.25, -0.2) is 18.1 Å². The molecule has 1 aromatic rings. The maximum absolute atomic E-state index is 12.4. The average Bonchev–Trinajstić information content (AvgIpc) is 2.47. The van der Waals surface area contributed by atoms with E-state index in [4.69, 9.17) is 11.0 Å². The van der Waals surface area contributed by atoms with Gasteiger partial charge in [0.2, 0.25) is 10.0 Å². The molecule has 20 heavy (non-hydrogen) atoms. The van der Waals surface area contributed by atoms with Crippen LogP contribution in [0.2, 0.25) is 0 Å². The van der Waals surface area contributed by atoms with Crippen molar-refractivity contribution < 1.29 is 8.42 Å². The number of hydrogen-bond donors (Lipinski definition) is 2. The van der Waals surface area contributed by atoms with E-state index in [1.807, 2.05) is 6.07 Å². The van der Waals surface area contributed by atoms with Crippen LogP contribution in [-0.2, 0) is 10.0 Å². The van der Waals surface area contributed by atoms with Crippen LogP contribution < -0.4 is 10.5 Å². The third kappa shape index (κ3) is 3.15. The van der Waals surface area contributed by atoms with Gasteiger partial charge in [0, 0.05) is 12.2 Å². The summed E-state index contributed by atoms with van der Waals surface area (Å²) < 4.78 is 27.5. The second-order valence-corrected chi connectivity index (χ2v) is 6.65. The molecule has 1 fully saturated rings. The highest BCUT2D eigenvalue weighted by molar-refractivity contribution is 7.89. The van der Waals surface area contributed by atoms with Gasteiger partial charge in [0.05, 0.1) is 0 Å². The zero-order valence-electron chi connectivity index (χ0n) is 11.1. The second-order valence-electron chi connectivity index (χ2n) is 4.97. The first-order valence-electron chi connectivity index (χ1n) is 6.66. The van der Waals surface area contributed by atoms with Gasteiger partial charge in [0.1, 0.15) is 11.0 Å². The van der Waals surface area contributed by atoms with Gasteiger partial charge in [-0.1, -0.05) is 12.8 Å². The van der Waals surface area contributed by atoms with Crippen LogP contribution in [0, 0.1) is 17.2 Å². The first-order chi connectivity index (χ1) is 9.58. The van der Waals surface area contributed by atoms with E-state index in [1.54, 1.807) is 0 Å². The molecule has 1 aliphatic carbocycles. The Morgan fingerprint density at radius 3 is 2.90 bits per heavy atom. The number of aromatic nitrogens is 1. The van der Waals surface area contributed by atoms with E-state index in [0.29, 0.717) is 6.54 Å². The van der Waals surface area contributed by atoms with Crippen molar-refractivity contribution >= 4 is 10.0 Å². The minimum absolute atomic E-state index is 0.0659. The monoisotopic (exact) mass is 294 g/mol. The lowest BCUT2D eigenvalue weighted by atomic mass is 9.85. The van der Waals surface area contributed by atoms with Crippen LogP contribution >= 0.6 is 0 Å². The summed E-state index contributed by atoms with van der Waals surface area (Å²) >= 11 is 0. The van der Waals surface area contributed by atoms with Crippen LogP contribution in [0.4, 0.5) is 0 Å². The van der Waals surface area contributed by atoms with E-state index >= 15 is 0 Å². The molecule has 2 rings (SSSR count). The number of nitriles is 1. The fourth-order valence-corrected chi connectivity index (χ4v) is 4.05. The predicted octanol–water partition coefficient (Wildman–Crippen LogP) is 0.749. The number of pyridine rings is 1. The summed E-state index contributed by atoms with van der Waals surface area (Å²) in [6.45, 7) is 0.464. The van der Waals surface area contributed by atoms with Gasteiger partial charge in [-0.15, -0.1) is 0 Å². The Balaban J connectivity index is 2.25. The Morgan fingerprint density at radius 2 is 2.20 bits per heavy atom.